The van der Waals surface area contributed by atoms with Crippen LogP contribution in [-0.4, -0.2) is 52.4 Å². The highest BCUT2D eigenvalue weighted by molar-refractivity contribution is 5.37. The van der Waals surface area contributed by atoms with E-state index in [2.05, 4.69) is 27.5 Å². The Morgan fingerprint density at radius 3 is 2.50 bits per heavy atom. The Morgan fingerprint density at radius 1 is 1.15 bits per heavy atom. The van der Waals surface area contributed by atoms with E-state index in [0.29, 0.717) is 5.92 Å². The molecule has 20 heavy (non-hydrogen) atoms. The molecule has 1 aromatic carbocycles. The van der Waals surface area contributed by atoms with E-state index in [9.17, 15) is 0 Å². The van der Waals surface area contributed by atoms with Crippen molar-refractivity contribution in [2.75, 3.05) is 27.2 Å². The Balaban J connectivity index is 1.85. The molecule has 1 aromatic heterocycles. The van der Waals surface area contributed by atoms with E-state index in [0.717, 1.165) is 43.2 Å². The van der Waals surface area contributed by atoms with Crippen molar-refractivity contribution in [3.05, 3.63) is 30.1 Å². The Hall–Kier alpha value is -1.95. The first-order chi connectivity index (χ1) is 9.78. The van der Waals surface area contributed by atoms with Gasteiger partial charge >= 0.3 is 0 Å². The number of methoxy groups -OCH3 is 1. The molecule has 0 spiro atoms. The van der Waals surface area contributed by atoms with Crippen molar-refractivity contribution in [1.29, 1.82) is 0 Å². The number of benzene rings is 1. The van der Waals surface area contributed by atoms with Crippen LogP contribution in [0.5, 0.6) is 5.75 Å². The minimum Gasteiger partial charge on any atom is -0.497 e. The van der Waals surface area contributed by atoms with Crippen LogP contribution in [0.25, 0.3) is 5.69 Å². The van der Waals surface area contributed by atoms with Gasteiger partial charge in [-0.25, -0.2) is 0 Å². The van der Waals surface area contributed by atoms with Crippen molar-refractivity contribution in [3.8, 4) is 11.4 Å². The molecule has 1 aliphatic heterocycles. The van der Waals surface area contributed by atoms with Gasteiger partial charge in [0.2, 0.25) is 0 Å². The molecule has 0 amide bonds. The number of nitrogens with zero attached hydrogens (tertiary/aromatic N) is 5. The number of tetrazole rings is 1. The Kier molecular flexibility index (Phi) is 3.64. The molecule has 1 saturated heterocycles. The summed E-state index contributed by atoms with van der Waals surface area (Å²) in [6, 6.07) is 7.81. The lowest BCUT2D eigenvalue weighted by Gasteiger charge is -2.27. The monoisotopic (exact) mass is 273 g/mol. The van der Waals surface area contributed by atoms with Crippen molar-refractivity contribution in [3.63, 3.8) is 0 Å². The van der Waals surface area contributed by atoms with Gasteiger partial charge in [0.25, 0.3) is 0 Å². The van der Waals surface area contributed by atoms with Gasteiger partial charge in [-0.05, 0) is 67.7 Å². The second kappa shape index (κ2) is 5.58. The number of aromatic nitrogens is 4. The van der Waals surface area contributed by atoms with Crippen molar-refractivity contribution in [2.45, 2.75) is 18.8 Å². The summed E-state index contributed by atoms with van der Waals surface area (Å²) in [6.07, 6.45) is 2.21. The fourth-order valence-electron chi connectivity index (χ4n) is 2.62. The molecule has 6 nitrogen and oxygen atoms in total. The molecule has 0 bridgehead atoms. The Morgan fingerprint density at radius 2 is 1.85 bits per heavy atom. The molecule has 0 atom stereocenters. The van der Waals surface area contributed by atoms with Crippen LogP contribution in [0.15, 0.2) is 24.3 Å². The average Bonchev–Trinajstić information content (AvgIpc) is 2.97. The first-order valence-electron chi connectivity index (χ1n) is 6.89. The number of hydrogen-bond acceptors (Lipinski definition) is 5. The summed E-state index contributed by atoms with van der Waals surface area (Å²) < 4.78 is 7.02. The molecule has 1 aliphatic rings. The minimum absolute atomic E-state index is 0.434. The topological polar surface area (TPSA) is 56.1 Å². The summed E-state index contributed by atoms with van der Waals surface area (Å²) in [5.41, 5.74) is 0.977. The molecule has 0 unspecified atom stereocenters. The molecule has 0 radical (unpaired) electrons. The lowest BCUT2D eigenvalue weighted by atomic mass is 9.96. The number of hydrogen-bond donors (Lipinski definition) is 0. The summed E-state index contributed by atoms with van der Waals surface area (Å²) >= 11 is 0. The predicted molar refractivity (Wildman–Crippen MR) is 75.2 cm³/mol. The maximum Gasteiger partial charge on any atom is 0.159 e. The molecular formula is C14H19N5O. The fraction of sp³-hybridized carbons (Fsp3) is 0.500. The summed E-state index contributed by atoms with van der Waals surface area (Å²) in [4.78, 5) is 2.35. The van der Waals surface area contributed by atoms with E-state index >= 15 is 0 Å². The molecule has 3 rings (SSSR count). The fourth-order valence-corrected chi connectivity index (χ4v) is 2.62. The van der Waals surface area contributed by atoms with Gasteiger partial charge < -0.3 is 9.64 Å². The molecule has 2 aromatic rings. The average molecular weight is 273 g/mol. The minimum atomic E-state index is 0.434. The number of piperidine rings is 1. The maximum atomic E-state index is 5.18. The quantitative estimate of drug-likeness (QED) is 0.848. The third-order valence-corrected chi connectivity index (χ3v) is 3.89. The van der Waals surface area contributed by atoms with Gasteiger partial charge in [-0.2, -0.15) is 4.68 Å². The molecule has 1 fully saturated rings. The van der Waals surface area contributed by atoms with E-state index in [1.165, 1.54) is 0 Å². The smallest absolute Gasteiger partial charge is 0.159 e. The van der Waals surface area contributed by atoms with Crippen LogP contribution in [0.2, 0.25) is 0 Å². The molecular weight excluding hydrogens is 254 g/mol. The molecule has 0 saturated carbocycles. The van der Waals surface area contributed by atoms with Crippen LogP contribution < -0.4 is 4.74 Å². The maximum absolute atomic E-state index is 5.18. The summed E-state index contributed by atoms with van der Waals surface area (Å²) in [7, 11) is 3.82. The summed E-state index contributed by atoms with van der Waals surface area (Å²) in [6.45, 7) is 2.19. The van der Waals surface area contributed by atoms with Crippen molar-refractivity contribution < 1.29 is 4.74 Å². The van der Waals surface area contributed by atoms with E-state index in [1.807, 2.05) is 28.9 Å². The van der Waals surface area contributed by atoms with E-state index in [1.54, 1.807) is 7.11 Å². The SMILES string of the molecule is COc1ccc(-n2nnnc2C2CCN(C)CC2)cc1. The lowest BCUT2D eigenvalue weighted by Crippen LogP contribution is -2.30. The Bertz CT molecular complexity index is 557. The van der Waals surface area contributed by atoms with Crippen LogP contribution >= 0.6 is 0 Å². The normalized spacial score (nSPS) is 17.3. The van der Waals surface area contributed by atoms with Crippen LogP contribution in [0.3, 0.4) is 0 Å². The van der Waals surface area contributed by atoms with Crippen molar-refractivity contribution in [1.82, 2.24) is 25.1 Å². The van der Waals surface area contributed by atoms with Gasteiger partial charge in [-0.3, -0.25) is 0 Å². The van der Waals surface area contributed by atoms with Gasteiger partial charge in [0.15, 0.2) is 5.82 Å². The summed E-state index contributed by atoms with van der Waals surface area (Å²) in [5.74, 6) is 2.23. The van der Waals surface area contributed by atoms with Gasteiger partial charge in [0, 0.05) is 5.92 Å². The van der Waals surface area contributed by atoms with Gasteiger partial charge in [0.05, 0.1) is 12.8 Å². The van der Waals surface area contributed by atoms with Crippen molar-refractivity contribution >= 4 is 0 Å². The highest BCUT2D eigenvalue weighted by atomic mass is 16.5. The molecule has 0 aliphatic carbocycles. The zero-order valence-corrected chi connectivity index (χ0v) is 11.9. The second-order valence-corrected chi connectivity index (χ2v) is 5.22. The highest BCUT2D eigenvalue weighted by Gasteiger charge is 2.24. The van der Waals surface area contributed by atoms with Gasteiger partial charge in [-0.1, -0.05) is 0 Å². The van der Waals surface area contributed by atoms with Crippen LogP contribution in [0, 0.1) is 0 Å². The first-order valence-corrected chi connectivity index (χ1v) is 6.89. The van der Waals surface area contributed by atoms with E-state index < -0.39 is 0 Å². The number of ether oxygens (including phenoxy) is 1. The van der Waals surface area contributed by atoms with E-state index in [-0.39, 0.29) is 0 Å². The third kappa shape index (κ3) is 2.51. The van der Waals surface area contributed by atoms with Crippen LogP contribution in [0.1, 0.15) is 24.6 Å². The van der Waals surface area contributed by atoms with Crippen LogP contribution in [-0.2, 0) is 0 Å². The summed E-state index contributed by atoms with van der Waals surface area (Å²) in [5, 5.41) is 12.2. The first kappa shape index (κ1) is 13.1. The lowest BCUT2D eigenvalue weighted by molar-refractivity contribution is 0.249. The Labute approximate surface area is 118 Å². The molecule has 106 valence electrons. The van der Waals surface area contributed by atoms with Gasteiger partial charge in [0.1, 0.15) is 5.75 Å². The van der Waals surface area contributed by atoms with Crippen molar-refractivity contribution in [2.24, 2.45) is 0 Å². The molecule has 6 heteroatoms. The standard InChI is InChI=1S/C14H19N5O/c1-18-9-7-11(8-10-18)14-15-16-17-19(14)12-3-5-13(20-2)6-4-12/h3-6,11H,7-10H2,1-2H3. The number of likely N-dealkylation sites (tertiary alicyclic amines) is 1. The zero-order valence-electron chi connectivity index (χ0n) is 11.9. The largest absolute Gasteiger partial charge is 0.497 e. The van der Waals surface area contributed by atoms with Gasteiger partial charge in [-0.15, -0.1) is 5.10 Å². The molecule has 2 heterocycles. The van der Waals surface area contributed by atoms with Crippen LogP contribution in [0.4, 0.5) is 0 Å². The molecule has 0 N–H and O–H groups in total. The zero-order chi connectivity index (χ0) is 13.9. The third-order valence-electron chi connectivity index (χ3n) is 3.89. The predicted octanol–water partition coefficient (Wildman–Crippen LogP) is 1.48. The highest BCUT2D eigenvalue weighted by Crippen LogP contribution is 2.27. The number of rotatable bonds is 3. The van der Waals surface area contributed by atoms with E-state index in [4.69, 9.17) is 4.74 Å². The second-order valence-electron chi connectivity index (χ2n) is 5.22.